The molecule has 0 aliphatic rings. The second-order valence-electron chi connectivity index (χ2n) is 4.81. The first-order valence-corrected chi connectivity index (χ1v) is 8.92. The SMILES string of the molecule is O=C(N[C@@H](C(=O)O)c1cc(I)c(O)c(I)c1)OCc1ccccc1. The van der Waals surface area contributed by atoms with Crippen molar-refractivity contribution in [1.82, 2.24) is 5.32 Å². The lowest BCUT2D eigenvalue weighted by Gasteiger charge is -2.16. The van der Waals surface area contributed by atoms with Gasteiger partial charge in [-0.1, -0.05) is 30.3 Å². The van der Waals surface area contributed by atoms with Crippen molar-refractivity contribution >= 4 is 57.2 Å². The molecule has 2 aromatic carbocycles. The van der Waals surface area contributed by atoms with Crippen LogP contribution < -0.4 is 5.32 Å². The minimum absolute atomic E-state index is 0.0453. The predicted molar refractivity (Wildman–Crippen MR) is 104 cm³/mol. The van der Waals surface area contributed by atoms with Crippen LogP contribution in [0.25, 0.3) is 0 Å². The van der Waals surface area contributed by atoms with Gasteiger partial charge in [0.1, 0.15) is 12.4 Å². The Morgan fingerprint density at radius 2 is 1.71 bits per heavy atom. The quantitative estimate of drug-likeness (QED) is 0.492. The molecule has 0 radical (unpaired) electrons. The van der Waals surface area contributed by atoms with E-state index in [9.17, 15) is 19.8 Å². The number of phenolic OH excluding ortho intramolecular Hbond substituents is 1. The van der Waals surface area contributed by atoms with E-state index in [4.69, 9.17) is 4.74 Å². The van der Waals surface area contributed by atoms with Crippen molar-refractivity contribution in [3.8, 4) is 5.75 Å². The molecule has 0 bridgehead atoms. The predicted octanol–water partition coefficient (Wildman–Crippen LogP) is 3.65. The summed E-state index contributed by atoms with van der Waals surface area (Å²) in [7, 11) is 0. The summed E-state index contributed by atoms with van der Waals surface area (Å²) in [4.78, 5) is 23.4. The van der Waals surface area contributed by atoms with E-state index in [-0.39, 0.29) is 12.4 Å². The Labute approximate surface area is 165 Å². The maximum Gasteiger partial charge on any atom is 0.408 e. The van der Waals surface area contributed by atoms with Crippen molar-refractivity contribution in [3.05, 3.63) is 60.7 Å². The van der Waals surface area contributed by atoms with Crippen molar-refractivity contribution in [3.63, 3.8) is 0 Å². The van der Waals surface area contributed by atoms with E-state index < -0.39 is 18.1 Å². The summed E-state index contributed by atoms with van der Waals surface area (Å²) in [6.07, 6.45) is -0.829. The van der Waals surface area contributed by atoms with Gasteiger partial charge in [-0.15, -0.1) is 0 Å². The molecular weight excluding hydrogens is 540 g/mol. The Kier molecular flexibility index (Phi) is 6.66. The number of nitrogens with one attached hydrogen (secondary N) is 1. The third kappa shape index (κ3) is 4.97. The standard InChI is InChI=1S/C16H13I2NO5/c17-11-6-10(7-12(18)14(11)20)13(15(21)22)19-16(23)24-8-9-4-2-1-3-5-9/h1-7,13,20H,8H2,(H,19,23)(H,21,22)/t13-/m1/s1. The number of alkyl carbamates (subject to hydrolysis) is 1. The number of halogens is 2. The lowest BCUT2D eigenvalue weighted by molar-refractivity contribution is -0.139. The van der Waals surface area contributed by atoms with E-state index in [1.165, 1.54) is 12.1 Å². The highest BCUT2D eigenvalue weighted by Gasteiger charge is 2.24. The summed E-state index contributed by atoms with van der Waals surface area (Å²) < 4.78 is 6.05. The van der Waals surface area contributed by atoms with Gasteiger partial charge in [0, 0.05) is 0 Å². The maximum atomic E-state index is 11.9. The Hall–Kier alpha value is -1.56. The highest BCUT2D eigenvalue weighted by Crippen LogP contribution is 2.30. The summed E-state index contributed by atoms with van der Waals surface area (Å²) in [5, 5.41) is 21.5. The fourth-order valence-electron chi connectivity index (χ4n) is 1.92. The molecule has 2 aromatic rings. The van der Waals surface area contributed by atoms with Crippen molar-refractivity contribution in [2.75, 3.05) is 0 Å². The van der Waals surface area contributed by atoms with Crippen molar-refractivity contribution < 1.29 is 24.5 Å². The molecule has 0 aliphatic heterocycles. The molecule has 0 fully saturated rings. The highest BCUT2D eigenvalue weighted by atomic mass is 127. The molecular formula is C16H13I2NO5. The summed E-state index contributed by atoms with van der Waals surface area (Å²) in [5.41, 5.74) is 1.15. The van der Waals surface area contributed by atoms with Crippen LogP contribution in [-0.2, 0) is 16.1 Å². The molecule has 0 spiro atoms. The van der Waals surface area contributed by atoms with Gasteiger partial charge in [0.25, 0.3) is 0 Å². The molecule has 8 heteroatoms. The Morgan fingerprint density at radius 3 is 2.25 bits per heavy atom. The number of benzene rings is 2. The Morgan fingerprint density at radius 1 is 1.12 bits per heavy atom. The van der Waals surface area contributed by atoms with Gasteiger partial charge < -0.3 is 20.3 Å². The average Bonchev–Trinajstić information content (AvgIpc) is 2.56. The van der Waals surface area contributed by atoms with E-state index in [0.29, 0.717) is 12.7 Å². The second-order valence-corrected chi connectivity index (χ2v) is 7.13. The lowest BCUT2D eigenvalue weighted by atomic mass is 10.1. The van der Waals surface area contributed by atoms with Gasteiger partial charge in [-0.25, -0.2) is 9.59 Å². The molecule has 0 heterocycles. The van der Waals surface area contributed by atoms with Gasteiger partial charge in [-0.2, -0.15) is 0 Å². The van der Waals surface area contributed by atoms with Gasteiger partial charge in [-0.05, 0) is 68.4 Å². The van der Waals surface area contributed by atoms with Crippen LogP contribution in [0, 0.1) is 7.14 Å². The largest absolute Gasteiger partial charge is 0.506 e. The second kappa shape index (κ2) is 8.51. The van der Waals surface area contributed by atoms with Crippen LogP contribution in [-0.4, -0.2) is 22.3 Å². The summed E-state index contributed by atoms with van der Waals surface area (Å²) in [6, 6.07) is 10.8. The first-order valence-electron chi connectivity index (χ1n) is 6.76. The van der Waals surface area contributed by atoms with E-state index >= 15 is 0 Å². The van der Waals surface area contributed by atoms with E-state index in [2.05, 4.69) is 5.32 Å². The van der Waals surface area contributed by atoms with Gasteiger partial charge in [-0.3, -0.25) is 0 Å². The molecule has 0 aromatic heterocycles. The minimum atomic E-state index is -1.27. The number of aromatic hydroxyl groups is 1. The normalized spacial score (nSPS) is 11.6. The zero-order chi connectivity index (χ0) is 17.7. The smallest absolute Gasteiger partial charge is 0.408 e. The third-order valence-electron chi connectivity index (χ3n) is 3.09. The van der Waals surface area contributed by atoms with E-state index in [1.54, 1.807) is 12.1 Å². The summed E-state index contributed by atoms with van der Waals surface area (Å²) in [6.45, 7) is 0.0453. The zero-order valence-electron chi connectivity index (χ0n) is 12.2. The third-order valence-corrected chi connectivity index (χ3v) is 4.74. The number of hydrogen-bond acceptors (Lipinski definition) is 4. The van der Waals surface area contributed by atoms with Crippen LogP contribution in [0.1, 0.15) is 17.2 Å². The molecule has 6 nitrogen and oxygen atoms in total. The number of ether oxygens (including phenoxy) is 1. The van der Waals surface area contributed by atoms with Crippen LogP contribution in [0.4, 0.5) is 4.79 Å². The van der Waals surface area contributed by atoms with Crippen LogP contribution in [0.15, 0.2) is 42.5 Å². The van der Waals surface area contributed by atoms with Crippen LogP contribution >= 0.6 is 45.2 Å². The van der Waals surface area contributed by atoms with Gasteiger partial charge in [0.05, 0.1) is 7.14 Å². The number of carbonyl (C=O) groups is 2. The number of aliphatic carboxylic acids is 1. The first kappa shape index (κ1) is 18.8. The van der Waals surface area contributed by atoms with E-state index in [1.807, 2.05) is 63.4 Å². The molecule has 24 heavy (non-hydrogen) atoms. The van der Waals surface area contributed by atoms with Crippen LogP contribution in [0.2, 0.25) is 0 Å². The molecule has 2 rings (SSSR count). The summed E-state index contributed by atoms with van der Waals surface area (Å²) >= 11 is 3.80. The molecule has 1 amide bonds. The van der Waals surface area contributed by atoms with Crippen molar-refractivity contribution in [2.45, 2.75) is 12.6 Å². The molecule has 3 N–H and O–H groups in total. The zero-order valence-corrected chi connectivity index (χ0v) is 16.5. The van der Waals surface area contributed by atoms with Gasteiger partial charge in [0.15, 0.2) is 6.04 Å². The van der Waals surface area contributed by atoms with Gasteiger partial charge in [0.2, 0.25) is 0 Å². The fourth-order valence-corrected chi connectivity index (χ4v) is 3.74. The summed E-state index contributed by atoms with van der Waals surface area (Å²) in [5.74, 6) is -1.14. The molecule has 0 saturated heterocycles. The van der Waals surface area contributed by atoms with Crippen LogP contribution in [0.5, 0.6) is 5.75 Å². The lowest BCUT2D eigenvalue weighted by Crippen LogP contribution is -2.34. The number of amides is 1. The van der Waals surface area contributed by atoms with Crippen LogP contribution in [0.3, 0.4) is 0 Å². The maximum absolute atomic E-state index is 11.9. The molecule has 0 aliphatic carbocycles. The fraction of sp³-hybridized carbons (Fsp3) is 0.125. The molecule has 1 atom stereocenters. The number of hydrogen-bond donors (Lipinski definition) is 3. The topological polar surface area (TPSA) is 95.9 Å². The van der Waals surface area contributed by atoms with E-state index in [0.717, 1.165) is 5.56 Å². The first-order chi connectivity index (χ1) is 11.4. The minimum Gasteiger partial charge on any atom is -0.506 e. The number of carboxylic acids is 1. The Bertz CT molecular complexity index is 728. The van der Waals surface area contributed by atoms with Crippen molar-refractivity contribution in [1.29, 1.82) is 0 Å². The number of phenols is 1. The molecule has 0 unspecified atom stereocenters. The number of rotatable bonds is 5. The molecule has 0 saturated carbocycles. The molecule has 126 valence electrons. The van der Waals surface area contributed by atoms with Gasteiger partial charge >= 0.3 is 12.1 Å². The Balaban J connectivity index is 2.08. The highest BCUT2D eigenvalue weighted by molar-refractivity contribution is 14.1. The number of carboxylic acid groups (broad SMARTS) is 1. The van der Waals surface area contributed by atoms with Crippen molar-refractivity contribution in [2.24, 2.45) is 0 Å². The monoisotopic (exact) mass is 553 g/mol. The number of carbonyl (C=O) groups excluding carboxylic acids is 1. The average molecular weight is 553 g/mol.